The third kappa shape index (κ3) is 1.77. The third-order valence-corrected chi connectivity index (χ3v) is 1.36. The van der Waals surface area contributed by atoms with Crippen LogP contribution in [0.3, 0.4) is 0 Å². The summed E-state index contributed by atoms with van der Waals surface area (Å²) in [5, 5.41) is 3.67. The predicted octanol–water partition coefficient (Wildman–Crippen LogP) is 1.07. The van der Waals surface area contributed by atoms with Gasteiger partial charge in [0.15, 0.2) is 5.78 Å². The fourth-order valence-corrected chi connectivity index (χ4v) is 0.796. The number of hydrogen-bond donors (Lipinski definition) is 0. The zero-order valence-corrected chi connectivity index (χ0v) is 6.50. The van der Waals surface area contributed by atoms with Crippen LogP contribution in [0.15, 0.2) is 29.0 Å². The van der Waals surface area contributed by atoms with Crippen molar-refractivity contribution in [3.63, 3.8) is 0 Å². The van der Waals surface area contributed by atoms with E-state index in [1.165, 1.54) is 13.2 Å². The third-order valence-electron chi connectivity index (χ3n) is 1.36. The highest BCUT2D eigenvalue weighted by Crippen LogP contribution is 2.04. The molecule has 0 atom stereocenters. The topological polar surface area (TPSA) is 38.7 Å². The highest BCUT2D eigenvalue weighted by atomic mass is 16.6. The molecule has 0 saturated carbocycles. The highest BCUT2D eigenvalue weighted by molar-refractivity contribution is 6.18. The minimum Gasteiger partial charge on any atom is -0.399 e. The van der Waals surface area contributed by atoms with Crippen LogP contribution in [0.4, 0.5) is 0 Å². The molecule has 0 aromatic rings. The summed E-state index contributed by atoms with van der Waals surface area (Å²) in [7, 11) is 1.47. The average molecular weight is 151 g/mol. The molecule has 1 rings (SSSR count). The van der Waals surface area contributed by atoms with Crippen molar-refractivity contribution in [3.8, 4) is 0 Å². The van der Waals surface area contributed by atoms with Crippen molar-refractivity contribution in [1.29, 1.82) is 0 Å². The molecular weight excluding hydrogens is 142 g/mol. The summed E-state index contributed by atoms with van der Waals surface area (Å²) in [6.45, 7) is 1.75. The Morgan fingerprint density at radius 3 is 2.73 bits per heavy atom. The number of hydrogen-bond acceptors (Lipinski definition) is 3. The first-order chi connectivity index (χ1) is 5.24. The monoisotopic (exact) mass is 151 g/mol. The lowest BCUT2D eigenvalue weighted by atomic mass is 10.1. The van der Waals surface area contributed by atoms with E-state index in [4.69, 9.17) is 0 Å². The Bertz CT molecular complexity index is 261. The van der Waals surface area contributed by atoms with Crippen molar-refractivity contribution >= 4 is 11.5 Å². The second-order valence-corrected chi connectivity index (χ2v) is 2.22. The molecule has 1 aliphatic carbocycles. The van der Waals surface area contributed by atoms with Gasteiger partial charge >= 0.3 is 0 Å². The molecule has 0 aliphatic heterocycles. The first kappa shape index (κ1) is 7.72. The molecule has 58 valence electrons. The first-order valence-electron chi connectivity index (χ1n) is 3.26. The Morgan fingerprint density at radius 2 is 2.18 bits per heavy atom. The number of allylic oxidation sites excluding steroid dienone is 4. The number of oxime groups is 1. The zero-order chi connectivity index (χ0) is 8.27. The average Bonchev–Trinajstić information content (AvgIpc) is 1.98. The largest absolute Gasteiger partial charge is 0.399 e. The van der Waals surface area contributed by atoms with Gasteiger partial charge in [0.2, 0.25) is 0 Å². The van der Waals surface area contributed by atoms with Crippen LogP contribution < -0.4 is 0 Å². The molecule has 0 radical (unpaired) electrons. The molecule has 1 aliphatic rings. The SMILES string of the molecule is CO/N=C1\C=CC(=O)C(C)=C1. The summed E-state index contributed by atoms with van der Waals surface area (Å²) >= 11 is 0. The molecule has 0 fully saturated rings. The van der Waals surface area contributed by atoms with Gasteiger partial charge in [0.05, 0.1) is 0 Å². The van der Waals surface area contributed by atoms with Crippen LogP contribution in [-0.4, -0.2) is 18.6 Å². The molecule has 0 spiro atoms. The number of carbonyl (C=O) groups is 1. The van der Waals surface area contributed by atoms with E-state index in [1.807, 2.05) is 0 Å². The zero-order valence-electron chi connectivity index (χ0n) is 6.50. The predicted molar refractivity (Wildman–Crippen MR) is 42.3 cm³/mol. The maximum atomic E-state index is 10.9. The van der Waals surface area contributed by atoms with Gasteiger partial charge in [-0.15, -0.1) is 0 Å². The molecule has 0 heterocycles. The van der Waals surface area contributed by atoms with Crippen LogP contribution in [0.2, 0.25) is 0 Å². The second-order valence-electron chi connectivity index (χ2n) is 2.22. The molecular formula is C8H9NO2. The molecule has 0 aromatic heterocycles. The van der Waals surface area contributed by atoms with Crippen molar-refractivity contribution in [2.24, 2.45) is 5.16 Å². The van der Waals surface area contributed by atoms with E-state index >= 15 is 0 Å². The van der Waals surface area contributed by atoms with Gasteiger partial charge in [0, 0.05) is 0 Å². The van der Waals surface area contributed by atoms with E-state index in [-0.39, 0.29) is 5.78 Å². The van der Waals surface area contributed by atoms with Gasteiger partial charge in [-0.05, 0) is 30.7 Å². The van der Waals surface area contributed by atoms with Gasteiger partial charge in [-0.25, -0.2) is 0 Å². The van der Waals surface area contributed by atoms with E-state index in [9.17, 15) is 4.79 Å². The number of carbonyl (C=O) groups excluding carboxylic acids is 1. The maximum absolute atomic E-state index is 10.9. The van der Waals surface area contributed by atoms with E-state index in [2.05, 4.69) is 9.99 Å². The second kappa shape index (κ2) is 3.14. The molecule has 11 heavy (non-hydrogen) atoms. The molecule has 3 heteroatoms. The van der Waals surface area contributed by atoms with Gasteiger partial charge in [0.25, 0.3) is 0 Å². The molecule has 3 nitrogen and oxygen atoms in total. The minimum atomic E-state index is 0.0278. The Balaban J connectivity index is 2.85. The van der Waals surface area contributed by atoms with Crippen molar-refractivity contribution in [2.45, 2.75) is 6.92 Å². The lowest BCUT2D eigenvalue weighted by Gasteiger charge is -2.01. The fourth-order valence-electron chi connectivity index (χ4n) is 0.796. The molecule has 0 bridgehead atoms. The lowest BCUT2D eigenvalue weighted by molar-refractivity contribution is -0.111. The summed E-state index contributed by atoms with van der Waals surface area (Å²) in [5.41, 5.74) is 1.35. The number of ketones is 1. The van der Waals surface area contributed by atoms with Crippen LogP contribution in [0.25, 0.3) is 0 Å². The van der Waals surface area contributed by atoms with Gasteiger partial charge in [0.1, 0.15) is 12.8 Å². The van der Waals surface area contributed by atoms with Gasteiger partial charge in [-0.3, -0.25) is 4.79 Å². The van der Waals surface area contributed by atoms with Gasteiger partial charge in [-0.1, -0.05) is 5.16 Å². The summed E-state index contributed by atoms with van der Waals surface area (Å²) in [6.07, 6.45) is 4.79. The van der Waals surface area contributed by atoms with Crippen LogP contribution in [0.5, 0.6) is 0 Å². The normalized spacial score (nSPS) is 20.4. The Labute approximate surface area is 65.0 Å². The first-order valence-corrected chi connectivity index (χ1v) is 3.26. The Hall–Kier alpha value is -1.38. The van der Waals surface area contributed by atoms with Crippen molar-refractivity contribution in [1.82, 2.24) is 0 Å². The molecule has 0 saturated heterocycles. The Kier molecular flexibility index (Phi) is 2.21. The highest BCUT2D eigenvalue weighted by Gasteiger charge is 2.06. The van der Waals surface area contributed by atoms with Crippen LogP contribution in [-0.2, 0) is 9.63 Å². The molecule has 0 aromatic carbocycles. The molecule has 0 unspecified atom stereocenters. The van der Waals surface area contributed by atoms with Gasteiger partial charge in [-0.2, -0.15) is 0 Å². The van der Waals surface area contributed by atoms with Crippen LogP contribution in [0.1, 0.15) is 6.92 Å². The summed E-state index contributed by atoms with van der Waals surface area (Å²) < 4.78 is 0. The van der Waals surface area contributed by atoms with Crippen LogP contribution in [0, 0.1) is 0 Å². The Morgan fingerprint density at radius 1 is 1.45 bits per heavy atom. The number of rotatable bonds is 1. The number of nitrogens with zero attached hydrogens (tertiary/aromatic N) is 1. The minimum absolute atomic E-state index is 0.0278. The molecule has 0 amide bonds. The standard InChI is InChI=1S/C8H9NO2/c1-6-5-7(9-11-2)3-4-8(6)10/h3-5H,1-2H3/b9-7+. The van der Waals surface area contributed by atoms with E-state index in [0.717, 1.165) is 0 Å². The fraction of sp³-hybridized carbons (Fsp3) is 0.250. The van der Waals surface area contributed by atoms with Gasteiger partial charge < -0.3 is 4.84 Å². The van der Waals surface area contributed by atoms with E-state index in [0.29, 0.717) is 11.3 Å². The van der Waals surface area contributed by atoms with Crippen molar-refractivity contribution in [2.75, 3.05) is 7.11 Å². The van der Waals surface area contributed by atoms with Crippen LogP contribution >= 0.6 is 0 Å². The van der Waals surface area contributed by atoms with E-state index < -0.39 is 0 Å². The summed E-state index contributed by atoms with van der Waals surface area (Å²) in [5.74, 6) is 0.0278. The quantitative estimate of drug-likeness (QED) is 0.415. The lowest BCUT2D eigenvalue weighted by Crippen LogP contribution is -2.05. The molecule has 0 N–H and O–H groups in total. The van der Waals surface area contributed by atoms with Crippen molar-refractivity contribution in [3.05, 3.63) is 23.8 Å². The summed E-state index contributed by atoms with van der Waals surface area (Å²) in [6, 6.07) is 0. The summed E-state index contributed by atoms with van der Waals surface area (Å²) in [4.78, 5) is 15.4. The smallest absolute Gasteiger partial charge is 0.181 e. The maximum Gasteiger partial charge on any atom is 0.181 e. The van der Waals surface area contributed by atoms with Crippen molar-refractivity contribution < 1.29 is 9.63 Å². The van der Waals surface area contributed by atoms with E-state index in [1.54, 1.807) is 19.1 Å².